The van der Waals surface area contributed by atoms with Crippen molar-refractivity contribution in [2.75, 3.05) is 31.3 Å². The maximum atomic E-state index is 5.89. The molecule has 0 bridgehead atoms. The third-order valence-corrected chi connectivity index (χ3v) is 4.84. The molecule has 3 heterocycles. The van der Waals surface area contributed by atoms with Crippen LogP contribution in [-0.2, 0) is 0 Å². The molecule has 2 N–H and O–H groups in total. The molecule has 0 saturated heterocycles. The summed E-state index contributed by atoms with van der Waals surface area (Å²) in [6, 6.07) is 7.46. The maximum absolute atomic E-state index is 5.89. The highest BCUT2D eigenvalue weighted by Crippen LogP contribution is 2.37. The molecule has 1 aliphatic heterocycles. The van der Waals surface area contributed by atoms with Crippen LogP contribution in [0, 0.1) is 0 Å². The molecule has 0 aliphatic carbocycles. The first kappa shape index (κ1) is 18.3. The molecule has 3 aromatic rings. The Morgan fingerprint density at radius 1 is 1.14 bits per heavy atom. The van der Waals surface area contributed by atoms with Crippen molar-refractivity contribution in [1.29, 1.82) is 0 Å². The quantitative estimate of drug-likeness (QED) is 0.633. The number of hydrogen-bond acceptors (Lipinski definition) is 11. The molecule has 4 rings (SSSR count). The number of nitrogens with two attached hydrogens (primary N) is 1. The second-order valence-corrected chi connectivity index (χ2v) is 7.57. The molecule has 1 aromatic carbocycles. The summed E-state index contributed by atoms with van der Waals surface area (Å²) in [4.78, 5) is 14.5. The molecule has 0 radical (unpaired) electrons. The average Bonchev–Trinajstić information content (AvgIpc) is 3.15. The molecule has 146 valence electrons. The van der Waals surface area contributed by atoms with E-state index in [1.54, 1.807) is 4.90 Å². The van der Waals surface area contributed by atoms with Gasteiger partial charge in [-0.2, -0.15) is 15.0 Å². The van der Waals surface area contributed by atoms with E-state index < -0.39 is 6.10 Å². The number of hydrogen-bond donors (Lipinski definition) is 1. The minimum absolute atomic E-state index is 0.165. The highest BCUT2D eigenvalue weighted by Gasteiger charge is 2.28. The normalized spacial score (nSPS) is 16.6. The number of rotatable bonds is 5. The van der Waals surface area contributed by atoms with Crippen LogP contribution in [-0.4, -0.2) is 45.9 Å². The molecule has 10 nitrogen and oxygen atoms in total. The summed E-state index contributed by atoms with van der Waals surface area (Å²) in [5, 5.41) is 8.40. The van der Waals surface area contributed by atoms with Crippen LogP contribution in [0.1, 0.15) is 30.0 Å². The third kappa shape index (κ3) is 3.79. The summed E-state index contributed by atoms with van der Waals surface area (Å²) in [5.74, 6) is 2.90. The summed E-state index contributed by atoms with van der Waals surface area (Å²) in [6.07, 6.45) is -0.458. The summed E-state index contributed by atoms with van der Waals surface area (Å²) in [7, 11) is 3.68. The largest absolute Gasteiger partial charge is 0.485 e. The van der Waals surface area contributed by atoms with Gasteiger partial charge in [0.05, 0.1) is 5.25 Å². The van der Waals surface area contributed by atoms with E-state index in [0.29, 0.717) is 41.0 Å². The lowest BCUT2D eigenvalue weighted by Gasteiger charge is -2.23. The van der Waals surface area contributed by atoms with E-state index in [-0.39, 0.29) is 11.2 Å². The van der Waals surface area contributed by atoms with Crippen LogP contribution in [0.5, 0.6) is 11.5 Å². The number of para-hydroxylation sites is 2. The highest BCUT2D eigenvalue weighted by atomic mass is 32.2. The molecule has 2 unspecified atom stereocenters. The number of aromatic nitrogens is 5. The van der Waals surface area contributed by atoms with Gasteiger partial charge in [-0.3, -0.25) is 0 Å². The Morgan fingerprint density at radius 3 is 2.71 bits per heavy atom. The molecular weight excluding hydrogens is 382 g/mol. The van der Waals surface area contributed by atoms with Crippen molar-refractivity contribution < 1.29 is 13.9 Å². The number of anilines is 2. The number of fused-ring (bicyclic) bond motifs is 1. The summed E-state index contributed by atoms with van der Waals surface area (Å²) in [5.41, 5.74) is 5.79. The number of nitrogens with zero attached hydrogens (tertiary/aromatic N) is 6. The Bertz CT molecular complexity index is 981. The molecule has 1 aliphatic rings. The molecule has 11 heteroatoms. The zero-order chi connectivity index (χ0) is 19.7. The SMILES string of the molecule is CC(Sc1nnc(C2COc3ccccc3O2)o1)c1nc(N)nc(N(C)C)n1. The lowest BCUT2D eigenvalue weighted by atomic mass is 10.2. The Morgan fingerprint density at radius 2 is 1.93 bits per heavy atom. The van der Waals surface area contributed by atoms with Gasteiger partial charge in [-0.15, -0.1) is 10.2 Å². The Balaban J connectivity index is 1.47. The molecule has 2 aromatic heterocycles. The van der Waals surface area contributed by atoms with Crippen molar-refractivity contribution in [3.05, 3.63) is 36.0 Å². The molecule has 0 amide bonds. The zero-order valence-electron chi connectivity index (χ0n) is 15.6. The van der Waals surface area contributed by atoms with Crippen molar-refractivity contribution in [2.45, 2.75) is 23.5 Å². The lowest BCUT2D eigenvalue weighted by molar-refractivity contribution is 0.0686. The van der Waals surface area contributed by atoms with Gasteiger partial charge in [-0.1, -0.05) is 23.9 Å². The Kier molecular flexibility index (Phi) is 4.90. The van der Waals surface area contributed by atoms with Crippen molar-refractivity contribution in [3.63, 3.8) is 0 Å². The predicted octanol–water partition coefficient (Wildman–Crippen LogP) is 2.27. The van der Waals surface area contributed by atoms with Gasteiger partial charge >= 0.3 is 0 Å². The smallest absolute Gasteiger partial charge is 0.277 e. The average molecular weight is 401 g/mol. The van der Waals surface area contributed by atoms with Gasteiger partial charge in [0, 0.05) is 14.1 Å². The number of benzene rings is 1. The molecule has 0 spiro atoms. The van der Waals surface area contributed by atoms with E-state index in [1.165, 1.54) is 11.8 Å². The number of thioether (sulfide) groups is 1. The van der Waals surface area contributed by atoms with Crippen molar-refractivity contribution in [1.82, 2.24) is 25.1 Å². The van der Waals surface area contributed by atoms with Crippen molar-refractivity contribution in [3.8, 4) is 11.5 Å². The van der Waals surface area contributed by atoms with E-state index >= 15 is 0 Å². The monoisotopic (exact) mass is 401 g/mol. The minimum Gasteiger partial charge on any atom is -0.485 e. The maximum Gasteiger partial charge on any atom is 0.277 e. The van der Waals surface area contributed by atoms with E-state index in [9.17, 15) is 0 Å². The van der Waals surface area contributed by atoms with Gasteiger partial charge in [0.1, 0.15) is 12.4 Å². The van der Waals surface area contributed by atoms with Crippen LogP contribution in [0.25, 0.3) is 0 Å². The van der Waals surface area contributed by atoms with E-state index in [0.717, 1.165) is 0 Å². The Labute approximate surface area is 165 Å². The van der Waals surface area contributed by atoms with Gasteiger partial charge in [0.15, 0.2) is 11.5 Å². The van der Waals surface area contributed by atoms with Gasteiger partial charge in [-0.05, 0) is 19.1 Å². The first-order chi connectivity index (χ1) is 13.5. The van der Waals surface area contributed by atoms with Crippen LogP contribution < -0.4 is 20.1 Å². The number of nitrogen functional groups attached to an aromatic ring is 1. The van der Waals surface area contributed by atoms with Crippen LogP contribution in [0.2, 0.25) is 0 Å². The predicted molar refractivity (Wildman–Crippen MR) is 102 cm³/mol. The first-order valence-electron chi connectivity index (χ1n) is 8.57. The fourth-order valence-electron chi connectivity index (χ4n) is 2.52. The fourth-order valence-corrected chi connectivity index (χ4v) is 3.26. The standard InChI is InChI=1S/C17H19N7O3S/c1-9(13-19-15(18)21-16(20-13)24(2)3)28-17-23-22-14(27-17)12-8-25-10-6-4-5-7-11(10)26-12/h4-7,9,12H,8H2,1-3H3,(H2,18,19,20,21). The highest BCUT2D eigenvalue weighted by molar-refractivity contribution is 7.99. The van der Waals surface area contributed by atoms with Crippen LogP contribution >= 0.6 is 11.8 Å². The van der Waals surface area contributed by atoms with Crippen molar-refractivity contribution >= 4 is 23.7 Å². The molecular formula is C17H19N7O3S. The molecule has 28 heavy (non-hydrogen) atoms. The van der Waals surface area contributed by atoms with Crippen molar-refractivity contribution in [2.24, 2.45) is 0 Å². The van der Waals surface area contributed by atoms with Gasteiger partial charge in [0.2, 0.25) is 18.0 Å². The summed E-state index contributed by atoms with van der Waals surface area (Å²) >= 11 is 1.33. The van der Waals surface area contributed by atoms with Gasteiger partial charge in [-0.25, -0.2) is 0 Å². The Hall–Kier alpha value is -3.08. The number of ether oxygens (including phenoxy) is 2. The summed E-state index contributed by atoms with van der Waals surface area (Å²) < 4.78 is 17.3. The molecule has 0 fully saturated rings. The first-order valence-corrected chi connectivity index (χ1v) is 9.45. The van der Waals surface area contributed by atoms with E-state index in [1.807, 2.05) is 45.3 Å². The minimum atomic E-state index is -0.458. The fraction of sp³-hybridized carbons (Fsp3) is 0.353. The topological polar surface area (TPSA) is 125 Å². The third-order valence-electron chi connectivity index (χ3n) is 3.91. The van der Waals surface area contributed by atoms with Crippen LogP contribution in [0.15, 0.2) is 33.9 Å². The molecule has 2 atom stereocenters. The van der Waals surface area contributed by atoms with Crippen LogP contribution in [0.3, 0.4) is 0 Å². The zero-order valence-corrected chi connectivity index (χ0v) is 16.4. The second-order valence-electron chi connectivity index (χ2n) is 6.28. The lowest BCUT2D eigenvalue weighted by Crippen LogP contribution is -2.21. The summed E-state index contributed by atoms with van der Waals surface area (Å²) in [6.45, 7) is 2.23. The van der Waals surface area contributed by atoms with E-state index in [4.69, 9.17) is 19.6 Å². The second kappa shape index (κ2) is 7.50. The van der Waals surface area contributed by atoms with Gasteiger partial charge in [0.25, 0.3) is 11.1 Å². The van der Waals surface area contributed by atoms with Crippen LogP contribution in [0.4, 0.5) is 11.9 Å². The molecule has 0 saturated carbocycles. The van der Waals surface area contributed by atoms with Gasteiger partial charge < -0.3 is 24.5 Å². The van der Waals surface area contributed by atoms with E-state index in [2.05, 4.69) is 25.1 Å².